The lowest BCUT2D eigenvalue weighted by Gasteiger charge is -2.07. The molecule has 6 heteroatoms. The third kappa shape index (κ3) is 5.84. The van der Waals surface area contributed by atoms with E-state index in [2.05, 4.69) is 12.1 Å². The summed E-state index contributed by atoms with van der Waals surface area (Å²) >= 11 is 1.73. The van der Waals surface area contributed by atoms with Crippen molar-refractivity contribution in [2.75, 3.05) is 6.54 Å². The maximum Gasteiger partial charge on any atom is 0.338 e. The van der Waals surface area contributed by atoms with Crippen molar-refractivity contribution in [2.24, 2.45) is 5.73 Å². The lowest BCUT2D eigenvalue weighted by Crippen LogP contribution is -2.32. The summed E-state index contributed by atoms with van der Waals surface area (Å²) in [7, 11) is 0. The summed E-state index contributed by atoms with van der Waals surface area (Å²) < 4.78 is 12.8. The summed E-state index contributed by atoms with van der Waals surface area (Å²) in [5, 5.41) is 9.57. The number of thiophene rings is 1. The number of hydroxylamine groups is 2. The van der Waals surface area contributed by atoms with E-state index >= 15 is 0 Å². The fourth-order valence-corrected chi connectivity index (χ4v) is 3.04. The van der Waals surface area contributed by atoms with Gasteiger partial charge in [0.05, 0.1) is 6.54 Å². The van der Waals surface area contributed by atoms with Gasteiger partial charge in [0.1, 0.15) is 5.82 Å². The molecular formula is C17H19FN2O2S. The van der Waals surface area contributed by atoms with Crippen LogP contribution in [0.5, 0.6) is 0 Å². The Labute approximate surface area is 138 Å². The number of hydrogen-bond acceptors (Lipinski definition) is 3. The number of aryl methyl sites for hydroxylation is 2. The molecule has 2 amide bonds. The number of nitrogens with zero attached hydrogens (tertiary/aromatic N) is 1. The van der Waals surface area contributed by atoms with Crippen molar-refractivity contribution in [2.45, 2.75) is 19.3 Å². The van der Waals surface area contributed by atoms with E-state index in [0.29, 0.717) is 5.06 Å². The molecule has 1 aromatic heterocycles. The number of nitrogens with two attached hydrogens (primary N) is 1. The topological polar surface area (TPSA) is 66.6 Å². The second-order valence-electron chi connectivity index (χ2n) is 5.09. The van der Waals surface area contributed by atoms with Crippen LogP contribution >= 0.6 is 11.3 Å². The Morgan fingerprint density at radius 1 is 1.13 bits per heavy atom. The number of urea groups is 1. The molecule has 0 unspecified atom stereocenters. The quantitative estimate of drug-likeness (QED) is 0.462. The van der Waals surface area contributed by atoms with Gasteiger partial charge in [-0.05, 0) is 49.1 Å². The predicted molar refractivity (Wildman–Crippen MR) is 89.0 cm³/mol. The van der Waals surface area contributed by atoms with Crippen LogP contribution < -0.4 is 5.73 Å². The standard InChI is InChI=1S/C17H19FN2O2S/c18-14-7-4-13(5-8-14)6-9-16-11-10-15(23-16)3-1-2-12-20(22)17(19)21/h1-2,4-5,7-8,10-11,22H,3,6,9,12H2,(H2,19,21)/b2-1-. The van der Waals surface area contributed by atoms with Crippen LogP contribution in [-0.4, -0.2) is 22.8 Å². The zero-order chi connectivity index (χ0) is 16.7. The third-order valence-corrected chi connectivity index (χ3v) is 4.48. The van der Waals surface area contributed by atoms with E-state index in [1.165, 1.54) is 21.9 Å². The number of rotatable bonds is 7. The van der Waals surface area contributed by atoms with E-state index in [1.54, 1.807) is 17.4 Å². The Hall–Kier alpha value is -2.18. The van der Waals surface area contributed by atoms with Gasteiger partial charge < -0.3 is 5.73 Å². The summed E-state index contributed by atoms with van der Waals surface area (Å²) in [6.45, 7) is 0.0815. The average molecular weight is 334 g/mol. The summed E-state index contributed by atoms with van der Waals surface area (Å²) in [6, 6.07) is 9.89. The molecule has 4 nitrogen and oxygen atoms in total. The molecule has 2 aromatic rings. The second-order valence-corrected chi connectivity index (χ2v) is 6.34. The van der Waals surface area contributed by atoms with Gasteiger partial charge in [-0.2, -0.15) is 0 Å². The molecule has 2 rings (SSSR count). The van der Waals surface area contributed by atoms with Gasteiger partial charge in [-0.25, -0.2) is 14.2 Å². The van der Waals surface area contributed by atoms with Crippen LogP contribution in [-0.2, 0) is 19.3 Å². The Balaban J connectivity index is 1.78. The van der Waals surface area contributed by atoms with Crippen LogP contribution in [0.25, 0.3) is 0 Å². The minimum absolute atomic E-state index is 0.0815. The number of hydrogen-bond donors (Lipinski definition) is 2. The maximum atomic E-state index is 12.8. The Bertz CT molecular complexity index is 667. The molecule has 0 spiro atoms. The largest absolute Gasteiger partial charge is 0.350 e. The van der Waals surface area contributed by atoms with Crippen molar-refractivity contribution in [3.63, 3.8) is 0 Å². The smallest absolute Gasteiger partial charge is 0.338 e. The van der Waals surface area contributed by atoms with Crippen molar-refractivity contribution in [3.05, 3.63) is 69.7 Å². The van der Waals surface area contributed by atoms with Crippen molar-refractivity contribution in [3.8, 4) is 0 Å². The number of carbonyl (C=O) groups is 1. The molecule has 23 heavy (non-hydrogen) atoms. The molecule has 0 radical (unpaired) electrons. The fraction of sp³-hybridized carbons (Fsp3) is 0.235. The Kier molecular flexibility index (Phi) is 6.31. The van der Waals surface area contributed by atoms with Gasteiger partial charge in [0, 0.05) is 9.75 Å². The van der Waals surface area contributed by atoms with Crippen LogP contribution in [0, 0.1) is 5.82 Å². The number of benzene rings is 1. The summed E-state index contributed by atoms with van der Waals surface area (Å²) in [5.41, 5.74) is 6.03. The number of allylic oxidation sites excluding steroid dienone is 1. The minimum Gasteiger partial charge on any atom is -0.350 e. The summed E-state index contributed by atoms with van der Waals surface area (Å²) in [6.07, 6.45) is 6.14. The van der Waals surface area contributed by atoms with Crippen LogP contribution in [0.1, 0.15) is 15.3 Å². The number of carbonyl (C=O) groups excluding carboxylic acids is 1. The van der Waals surface area contributed by atoms with Crippen LogP contribution in [0.2, 0.25) is 0 Å². The molecule has 1 aromatic carbocycles. The molecule has 0 bridgehead atoms. The summed E-state index contributed by atoms with van der Waals surface area (Å²) in [5.74, 6) is -0.211. The number of halogens is 1. The first-order valence-electron chi connectivity index (χ1n) is 7.27. The van der Waals surface area contributed by atoms with E-state index in [9.17, 15) is 9.18 Å². The highest BCUT2D eigenvalue weighted by molar-refractivity contribution is 7.12. The van der Waals surface area contributed by atoms with E-state index in [-0.39, 0.29) is 12.4 Å². The molecule has 0 fully saturated rings. The van der Waals surface area contributed by atoms with E-state index in [4.69, 9.17) is 10.9 Å². The zero-order valence-electron chi connectivity index (χ0n) is 12.6. The molecular weight excluding hydrogens is 315 g/mol. The SMILES string of the molecule is NC(=O)N(O)C/C=C\Cc1ccc(CCc2ccc(F)cc2)s1. The van der Waals surface area contributed by atoms with Gasteiger partial charge in [-0.15, -0.1) is 11.3 Å². The highest BCUT2D eigenvalue weighted by Gasteiger charge is 2.02. The molecule has 0 aliphatic heterocycles. The monoisotopic (exact) mass is 334 g/mol. The van der Waals surface area contributed by atoms with Crippen LogP contribution in [0.4, 0.5) is 9.18 Å². The molecule has 0 saturated heterocycles. The van der Waals surface area contributed by atoms with Crippen LogP contribution in [0.15, 0.2) is 48.6 Å². The molecule has 0 saturated carbocycles. The fourth-order valence-electron chi connectivity index (χ4n) is 2.05. The van der Waals surface area contributed by atoms with Gasteiger partial charge in [0.2, 0.25) is 0 Å². The molecule has 3 N–H and O–H groups in total. The van der Waals surface area contributed by atoms with Gasteiger partial charge >= 0.3 is 6.03 Å². The van der Waals surface area contributed by atoms with E-state index < -0.39 is 6.03 Å². The van der Waals surface area contributed by atoms with E-state index in [1.807, 2.05) is 18.2 Å². The van der Waals surface area contributed by atoms with Crippen molar-refractivity contribution < 1.29 is 14.4 Å². The first-order valence-corrected chi connectivity index (χ1v) is 8.09. The Morgan fingerprint density at radius 3 is 2.52 bits per heavy atom. The van der Waals surface area contributed by atoms with Gasteiger partial charge in [-0.1, -0.05) is 24.3 Å². The van der Waals surface area contributed by atoms with Crippen molar-refractivity contribution in [1.29, 1.82) is 0 Å². The Morgan fingerprint density at radius 2 is 1.83 bits per heavy atom. The maximum absolute atomic E-state index is 12.8. The van der Waals surface area contributed by atoms with Gasteiger partial charge in [-0.3, -0.25) is 5.21 Å². The zero-order valence-corrected chi connectivity index (χ0v) is 13.4. The molecule has 0 atom stereocenters. The highest BCUT2D eigenvalue weighted by atomic mass is 32.1. The van der Waals surface area contributed by atoms with Crippen LogP contribution in [0.3, 0.4) is 0 Å². The van der Waals surface area contributed by atoms with Gasteiger partial charge in [0.25, 0.3) is 0 Å². The number of primary amides is 1. The average Bonchev–Trinajstić information content (AvgIpc) is 2.98. The molecule has 0 aliphatic rings. The molecule has 0 aliphatic carbocycles. The summed E-state index contributed by atoms with van der Waals surface area (Å²) in [4.78, 5) is 13.1. The molecule has 122 valence electrons. The van der Waals surface area contributed by atoms with Crippen molar-refractivity contribution >= 4 is 17.4 Å². The normalized spacial score (nSPS) is 11.0. The third-order valence-electron chi connectivity index (χ3n) is 3.31. The lowest BCUT2D eigenvalue weighted by atomic mass is 10.1. The van der Waals surface area contributed by atoms with Gasteiger partial charge in [0.15, 0.2) is 0 Å². The number of amides is 2. The molecule has 1 heterocycles. The second kappa shape index (κ2) is 8.45. The predicted octanol–water partition coefficient (Wildman–Crippen LogP) is 3.54. The highest BCUT2D eigenvalue weighted by Crippen LogP contribution is 2.19. The lowest BCUT2D eigenvalue weighted by molar-refractivity contribution is -0.0288. The first kappa shape index (κ1) is 17.2. The van der Waals surface area contributed by atoms with E-state index in [0.717, 1.165) is 24.8 Å². The minimum atomic E-state index is -0.867. The van der Waals surface area contributed by atoms with Crippen molar-refractivity contribution in [1.82, 2.24) is 5.06 Å². The first-order chi connectivity index (χ1) is 11.0.